The molecule has 0 radical (unpaired) electrons. The summed E-state index contributed by atoms with van der Waals surface area (Å²) in [5.41, 5.74) is 4.58. The largest absolute Gasteiger partial charge is 0.506 e. The van der Waals surface area contributed by atoms with Gasteiger partial charge in [0.2, 0.25) is 0 Å². The fraction of sp³-hybridized carbons (Fsp3) is 0.333. The molecule has 0 spiro atoms. The molecule has 2 atom stereocenters. The highest BCUT2D eigenvalue weighted by Gasteiger charge is 2.62. The van der Waals surface area contributed by atoms with E-state index in [1.165, 1.54) is 18.2 Å². The zero-order valence-electron chi connectivity index (χ0n) is 9.39. The number of carboxylic acids is 1. The number of carbonyl (C=O) groups excluding carboxylic acids is 1. The number of halogens is 1. The zero-order valence-corrected chi connectivity index (χ0v) is 10.1. The third kappa shape index (κ3) is 1.85. The Morgan fingerprint density at radius 2 is 2.17 bits per heavy atom. The minimum absolute atomic E-state index is 0.0649. The molecule has 0 amide bonds. The summed E-state index contributed by atoms with van der Waals surface area (Å²) in [5, 5.41) is 18.4. The van der Waals surface area contributed by atoms with E-state index in [0.29, 0.717) is 5.56 Å². The summed E-state index contributed by atoms with van der Waals surface area (Å²) in [6, 6.07) is 4.06. The topological polar surface area (TPSA) is 101 Å². The fourth-order valence-electron chi connectivity index (χ4n) is 2.06. The second-order valence-corrected chi connectivity index (χ2v) is 4.86. The van der Waals surface area contributed by atoms with Gasteiger partial charge < -0.3 is 15.9 Å². The van der Waals surface area contributed by atoms with Gasteiger partial charge in [-0.25, -0.2) is 0 Å². The van der Waals surface area contributed by atoms with Crippen molar-refractivity contribution in [3.05, 3.63) is 28.8 Å². The maximum atomic E-state index is 12.1. The number of hydrogen-bond donors (Lipinski definition) is 3. The van der Waals surface area contributed by atoms with Crippen LogP contribution in [0.1, 0.15) is 16.8 Å². The number of carbonyl (C=O) groups is 2. The Bertz CT molecular complexity index is 531. The number of carboxylic acid groups (broad SMARTS) is 1. The maximum absolute atomic E-state index is 12.1. The van der Waals surface area contributed by atoms with Crippen molar-refractivity contribution < 1.29 is 19.8 Å². The highest BCUT2D eigenvalue weighted by molar-refractivity contribution is 6.32. The van der Waals surface area contributed by atoms with Gasteiger partial charge in [0.05, 0.1) is 10.4 Å². The molecule has 0 saturated heterocycles. The Morgan fingerprint density at radius 3 is 2.61 bits per heavy atom. The number of Topliss-reactive ketones (excluding diaryl/α,β-unsaturated/α-hetero) is 1. The smallest absolute Gasteiger partial charge is 0.311 e. The monoisotopic (exact) mass is 269 g/mol. The number of phenols is 1. The van der Waals surface area contributed by atoms with Crippen LogP contribution in [0.3, 0.4) is 0 Å². The summed E-state index contributed by atoms with van der Waals surface area (Å²) < 4.78 is 0. The number of aromatic hydroxyl groups is 1. The van der Waals surface area contributed by atoms with Crippen molar-refractivity contribution in [3.8, 4) is 5.75 Å². The second kappa shape index (κ2) is 4.26. The van der Waals surface area contributed by atoms with E-state index in [0.717, 1.165) is 0 Å². The quantitative estimate of drug-likeness (QED) is 0.715. The summed E-state index contributed by atoms with van der Waals surface area (Å²) in [4.78, 5) is 23.2. The first-order valence-corrected chi connectivity index (χ1v) is 5.76. The molecule has 1 saturated carbocycles. The van der Waals surface area contributed by atoms with Gasteiger partial charge in [-0.1, -0.05) is 11.6 Å². The van der Waals surface area contributed by atoms with Crippen LogP contribution in [0.5, 0.6) is 5.75 Å². The number of ketones is 1. The molecule has 1 aliphatic carbocycles. The van der Waals surface area contributed by atoms with Crippen LogP contribution in [0.2, 0.25) is 5.02 Å². The third-order valence-electron chi connectivity index (χ3n) is 3.41. The summed E-state index contributed by atoms with van der Waals surface area (Å²) >= 11 is 5.71. The number of hydrogen-bond acceptors (Lipinski definition) is 4. The number of benzene rings is 1. The van der Waals surface area contributed by atoms with Crippen LogP contribution in [-0.4, -0.2) is 28.5 Å². The van der Waals surface area contributed by atoms with Crippen LogP contribution in [-0.2, 0) is 4.79 Å². The molecular formula is C12H12ClNO4. The Hall–Kier alpha value is -1.59. The molecule has 2 rings (SSSR count). The predicted octanol–water partition coefficient (Wildman–Crippen LogP) is 1.28. The molecule has 0 heterocycles. The average molecular weight is 270 g/mol. The van der Waals surface area contributed by atoms with Crippen LogP contribution in [0.25, 0.3) is 0 Å². The van der Waals surface area contributed by atoms with Crippen LogP contribution in [0.15, 0.2) is 18.2 Å². The van der Waals surface area contributed by atoms with Crippen molar-refractivity contribution in [2.75, 3.05) is 6.54 Å². The van der Waals surface area contributed by atoms with E-state index in [2.05, 4.69) is 0 Å². The standard InChI is InChI=1S/C12H12ClNO4/c13-8-3-6(1-2-9(8)15)10(16)7-4-12(7,5-14)11(17)18/h1-3,7,15H,4-5,14H2,(H,17,18). The summed E-state index contributed by atoms with van der Waals surface area (Å²) in [5.74, 6) is -2.08. The normalized spacial score (nSPS) is 25.8. The lowest BCUT2D eigenvalue weighted by molar-refractivity contribution is -0.143. The van der Waals surface area contributed by atoms with Gasteiger partial charge in [-0.3, -0.25) is 9.59 Å². The van der Waals surface area contributed by atoms with Crippen molar-refractivity contribution in [1.29, 1.82) is 0 Å². The van der Waals surface area contributed by atoms with Gasteiger partial charge in [-0.05, 0) is 24.6 Å². The maximum Gasteiger partial charge on any atom is 0.311 e. The van der Waals surface area contributed by atoms with Gasteiger partial charge in [0, 0.05) is 18.0 Å². The molecule has 4 N–H and O–H groups in total. The SMILES string of the molecule is NCC1(C(=O)O)CC1C(=O)c1ccc(O)c(Cl)c1. The van der Waals surface area contributed by atoms with E-state index < -0.39 is 17.3 Å². The van der Waals surface area contributed by atoms with Crippen molar-refractivity contribution >= 4 is 23.4 Å². The lowest BCUT2D eigenvalue weighted by Crippen LogP contribution is -2.29. The first-order chi connectivity index (χ1) is 8.42. The van der Waals surface area contributed by atoms with Crippen LogP contribution < -0.4 is 5.73 Å². The second-order valence-electron chi connectivity index (χ2n) is 4.45. The predicted molar refractivity (Wildman–Crippen MR) is 64.7 cm³/mol. The van der Waals surface area contributed by atoms with Gasteiger partial charge in [-0.15, -0.1) is 0 Å². The highest BCUT2D eigenvalue weighted by Crippen LogP contribution is 2.53. The van der Waals surface area contributed by atoms with E-state index in [1.54, 1.807) is 0 Å². The molecule has 0 bridgehead atoms. The Kier molecular flexibility index (Phi) is 3.04. The minimum Gasteiger partial charge on any atom is -0.506 e. The molecule has 5 nitrogen and oxygen atoms in total. The van der Waals surface area contributed by atoms with Gasteiger partial charge in [0.1, 0.15) is 5.75 Å². The zero-order chi connectivity index (χ0) is 13.5. The van der Waals surface area contributed by atoms with Crippen LogP contribution in [0, 0.1) is 11.3 Å². The van der Waals surface area contributed by atoms with E-state index in [4.69, 9.17) is 22.4 Å². The van der Waals surface area contributed by atoms with E-state index >= 15 is 0 Å². The van der Waals surface area contributed by atoms with E-state index in [9.17, 15) is 14.7 Å². The number of phenolic OH excluding ortho intramolecular Hbond substituents is 1. The van der Waals surface area contributed by atoms with Crippen molar-refractivity contribution in [2.45, 2.75) is 6.42 Å². The average Bonchev–Trinajstić information content (AvgIpc) is 3.08. The summed E-state index contributed by atoms with van der Waals surface area (Å²) in [6.07, 6.45) is 0.246. The molecule has 18 heavy (non-hydrogen) atoms. The van der Waals surface area contributed by atoms with Crippen LogP contribution >= 0.6 is 11.6 Å². The van der Waals surface area contributed by atoms with E-state index in [-0.39, 0.29) is 29.5 Å². The molecule has 0 aromatic heterocycles. The van der Waals surface area contributed by atoms with Gasteiger partial charge in [0.15, 0.2) is 5.78 Å². The van der Waals surface area contributed by atoms with E-state index in [1.807, 2.05) is 0 Å². The lowest BCUT2D eigenvalue weighted by Gasteiger charge is -2.08. The van der Waals surface area contributed by atoms with Gasteiger partial charge >= 0.3 is 5.97 Å². The molecule has 96 valence electrons. The lowest BCUT2D eigenvalue weighted by atomic mass is 9.98. The fourth-order valence-corrected chi connectivity index (χ4v) is 2.24. The molecule has 0 aliphatic heterocycles. The van der Waals surface area contributed by atoms with Crippen LogP contribution in [0.4, 0.5) is 0 Å². The number of nitrogens with two attached hydrogens (primary N) is 1. The van der Waals surface area contributed by atoms with Gasteiger partial charge in [0.25, 0.3) is 0 Å². The Labute approximate surface area is 108 Å². The molecular weight excluding hydrogens is 258 g/mol. The van der Waals surface area contributed by atoms with Crippen molar-refractivity contribution in [2.24, 2.45) is 17.1 Å². The molecule has 2 unspecified atom stereocenters. The first-order valence-electron chi connectivity index (χ1n) is 5.38. The molecule has 1 aliphatic rings. The highest BCUT2D eigenvalue weighted by atomic mass is 35.5. The van der Waals surface area contributed by atoms with Gasteiger partial charge in [-0.2, -0.15) is 0 Å². The third-order valence-corrected chi connectivity index (χ3v) is 3.72. The number of aliphatic carboxylic acids is 1. The summed E-state index contributed by atoms with van der Waals surface area (Å²) in [7, 11) is 0. The Morgan fingerprint density at radius 1 is 1.50 bits per heavy atom. The number of rotatable bonds is 4. The summed E-state index contributed by atoms with van der Waals surface area (Å²) in [6.45, 7) is -0.0649. The molecule has 6 heteroatoms. The minimum atomic E-state index is -1.14. The Balaban J connectivity index is 2.24. The van der Waals surface area contributed by atoms with Crippen molar-refractivity contribution in [3.63, 3.8) is 0 Å². The molecule has 1 aromatic rings. The first kappa shape index (κ1) is 12.9. The van der Waals surface area contributed by atoms with Crippen molar-refractivity contribution in [1.82, 2.24) is 0 Å². The molecule has 1 aromatic carbocycles. The molecule has 1 fully saturated rings.